The number of sulfonamides is 1. The molecule has 1 aliphatic heterocycles. The summed E-state index contributed by atoms with van der Waals surface area (Å²) >= 11 is 0. The summed E-state index contributed by atoms with van der Waals surface area (Å²) in [5, 5.41) is 11.2. The number of nitrogens with two attached hydrogens (primary N) is 1. The molecule has 0 unspecified atom stereocenters. The van der Waals surface area contributed by atoms with E-state index in [2.05, 4.69) is 4.90 Å². The second-order valence-electron chi connectivity index (χ2n) is 6.47. The molecule has 2 N–H and O–H groups in total. The van der Waals surface area contributed by atoms with Crippen molar-refractivity contribution >= 4 is 21.6 Å². The van der Waals surface area contributed by atoms with Crippen molar-refractivity contribution in [3.05, 3.63) is 69.8 Å². The van der Waals surface area contributed by atoms with Gasteiger partial charge in [0.2, 0.25) is 15.9 Å². The molecule has 0 saturated carbocycles. The zero-order valence-electron chi connectivity index (χ0n) is 15.0. The van der Waals surface area contributed by atoms with Gasteiger partial charge < -0.3 is 5.73 Å². The standard InChI is InChI=1S/C18H20N4O5S/c19-18(23)15-5-3-4-14(12-15)13-20-8-10-21(11-9-20)28(26,27)17-7-2-1-6-16(17)22(24)25/h1-7,12H,8-11,13H2,(H2,19,23). The SMILES string of the molecule is NC(=O)c1cccc(CN2CCN(S(=O)(=O)c3ccccc3[N+](=O)[O-])CC2)c1. The predicted octanol–water partition coefficient (Wildman–Crippen LogP) is 1.20. The number of benzene rings is 2. The normalized spacial score (nSPS) is 16.0. The minimum Gasteiger partial charge on any atom is -0.366 e. The number of carbonyl (C=O) groups is 1. The van der Waals surface area contributed by atoms with E-state index in [1.165, 1.54) is 28.6 Å². The van der Waals surface area contributed by atoms with Crippen molar-refractivity contribution in [1.82, 2.24) is 9.21 Å². The number of hydrogen-bond acceptors (Lipinski definition) is 6. The van der Waals surface area contributed by atoms with Crippen molar-refractivity contribution < 1.29 is 18.1 Å². The van der Waals surface area contributed by atoms with E-state index in [4.69, 9.17) is 5.73 Å². The zero-order valence-corrected chi connectivity index (χ0v) is 15.8. The molecule has 148 valence electrons. The number of nitrogens with zero attached hydrogens (tertiary/aromatic N) is 3. The quantitative estimate of drug-likeness (QED) is 0.569. The molecule has 3 rings (SSSR count). The van der Waals surface area contributed by atoms with E-state index >= 15 is 0 Å². The maximum absolute atomic E-state index is 12.8. The highest BCUT2D eigenvalue weighted by Gasteiger charge is 2.33. The molecule has 0 aliphatic carbocycles. The maximum atomic E-state index is 12.8. The Morgan fingerprint density at radius 3 is 2.39 bits per heavy atom. The van der Waals surface area contributed by atoms with E-state index in [9.17, 15) is 23.3 Å². The van der Waals surface area contributed by atoms with Gasteiger partial charge in [-0.3, -0.25) is 19.8 Å². The van der Waals surface area contributed by atoms with Crippen LogP contribution in [-0.2, 0) is 16.6 Å². The molecule has 1 saturated heterocycles. The van der Waals surface area contributed by atoms with Crippen LogP contribution in [0.25, 0.3) is 0 Å². The average molecular weight is 404 g/mol. The summed E-state index contributed by atoms with van der Waals surface area (Å²) < 4.78 is 27.0. The van der Waals surface area contributed by atoms with Crippen molar-refractivity contribution in [2.45, 2.75) is 11.4 Å². The van der Waals surface area contributed by atoms with Crippen molar-refractivity contribution in [2.75, 3.05) is 26.2 Å². The second kappa shape index (κ2) is 8.05. The first kappa shape index (κ1) is 19.9. The minimum absolute atomic E-state index is 0.226. The third-order valence-electron chi connectivity index (χ3n) is 4.63. The molecule has 9 nitrogen and oxygen atoms in total. The van der Waals surface area contributed by atoms with Gasteiger partial charge in [0.1, 0.15) is 0 Å². The first-order chi connectivity index (χ1) is 13.3. The van der Waals surface area contributed by atoms with E-state index in [0.29, 0.717) is 25.2 Å². The van der Waals surface area contributed by atoms with Gasteiger partial charge in [-0.2, -0.15) is 4.31 Å². The number of rotatable bonds is 6. The largest absolute Gasteiger partial charge is 0.366 e. The molecular formula is C18H20N4O5S. The Balaban J connectivity index is 1.69. The van der Waals surface area contributed by atoms with Gasteiger partial charge >= 0.3 is 0 Å². The van der Waals surface area contributed by atoms with Crippen LogP contribution in [0.2, 0.25) is 0 Å². The number of carbonyl (C=O) groups excluding carboxylic acids is 1. The third kappa shape index (κ3) is 4.19. The Bertz CT molecular complexity index is 1000. The van der Waals surface area contributed by atoms with Crippen molar-refractivity contribution in [3.8, 4) is 0 Å². The molecule has 0 spiro atoms. The second-order valence-corrected chi connectivity index (χ2v) is 8.38. The van der Waals surface area contributed by atoms with Crippen LogP contribution in [0.4, 0.5) is 5.69 Å². The summed E-state index contributed by atoms with van der Waals surface area (Å²) in [7, 11) is -3.95. The molecule has 2 aromatic carbocycles. The molecule has 1 fully saturated rings. The van der Waals surface area contributed by atoms with Crippen LogP contribution in [0.3, 0.4) is 0 Å². The van der Waals surface area contributed by atoms with Crippen molar-refractivity contribution in [3.63, 3.8) is 0 Å². The van der Waals surface area contributed by atoms with E-state index in [-0.39, 0.29) is 18.0 Å². The highest BCUT2D eigenvalue weighted by molar-refractivity contribution is 7.89. The third-order valence-corrected chi connectivity index (χ3v) is 6.57. The molecule has 0 bridgehead atoms. The molecule has 1 amide bonds. The van der Waals surface area contributed by atoms with E-state index in [1.54, 1.807) is 18.2 Å². The van der Waals surface area contributed by atoms with Crippen LogP contribution in [0, 0.1) is 10.1 Å². The Morgan fingerprint density at radius 1 is 1.07 bits per heavy atom. The van der Waals surface area contributed by atoms with Gasteiger partial charge in [0.15, 0.2) is 4.90 Å². The lowest BCUT2D eigenvalue weighted by atomic mass is 10.1. The van der Waals surface area contributed by atoms with Crippen LogP contribution < -0.4 is 5.73 Å². The van der Waals surface area contributed by atoms with Gasteiger partial charge in [0, 0.05) is 44.4 Å². The molecule has 10 heteroatoms. The Labute approximate surface area is 162 Å². The number of amides is 1. The Hall–Kier alpha value is -2.82. The van der Waals surface area contributed by atoms with E-state index in [1.807, 2.05) is 6.07 Å². The summed E-state index contributed by atoms with van der Waals surface area (Å²) in [4.78, 5) is 23.5. The van der Waals surface area contributed by atoms with Crippen LogP contribution in [-0.4, -0.2) is 54.6 Å². The maximum Gasteiger partial charge on any atom is 0.289 e. The lowest BCUT2D eigenvalue weighted by molar-refractivity contribution is -0.387. The van der Waals surface area contributed by atoms with Crippen molar-refractivity contribution in [1.29, 1.82) is 0 Å². The number of nitro groups is 1. The topological polar surface area (TPSA) is 127 Å². The Morgan fingerprint density at radius 2 is 1.75 bits per heavy atom. The molecule has 2 aromatic rings. The number of hydrogen-bond donors (Lipinski definition) is 1. The molecule has 1 heterocycles. The number of primary amides is 1. The van der Waals surface area contributed by atoms with Crippen LogP contribution >= 0.6 is 0 Å². The molecule has 28 heavy (non-hydrogen) atoms. The fourth-order valence-corrected chi connectivity index (χ4v) is 4.75. The van der Waals surface area contributed by atoms with Gasteiger partial charge in [-0.15, -0.1) is 0 Å². The molecule has 1 aliphatic rings. The fraction of sp³-hybridized carbons (Fsp3) is 0.278. The molecular weight excluding hydrogens is 384 g/mol. The monoisotopic (exact) mass is 404 g/mol. The van der Waals surface area contributed by atoms with Gasteiger partial charge in [-0.25, -0.2) is 8.42 Å². The van der Waals surface area contributed by atoms with Gasteiger partial charge in [-0.1, -0.05) is 24.3 Å². The minimum atomic E-state index is -3.95. The van der Waals surface area contributed by atoms with Crippen LogP contribution in [0.1, 0.15) is 15.9 Å². The van der Waals surface area contributed by atoms with Gasteiger partial charge in [-0.05, 0) is 23.8 Å². The molecule has 0 aromatic heterocycles. The highest BCUT2D eigenvalue weighted by Crippen LogP contribution is 2.27. The van der Waals surface area contributed by atoms with Crippen LogP contribution in [0.15, 0.2) is 53.4 Å². The number of piperazine rings is 1. The number of para-hydroxylation sites is 1. The Kier molecular flexibility index (Phi) is 5.73. The first-order valence-corrected chi connectivity index (χ1v) is 10.1. The highest BCUT2D eigenvalue weighted by atomic mass is 32.2. The van der Waals surface area contributed by atoms with E-state index in [0.717, 1.165) is 5.56 Å². The van der Waals surface area contributed by atoms with Gasteiger partial charge in [0.25, 0.3) is 5.69 Å². The molecule has 0 radical (unpaired) electrons. The first-order valence-electron chi connectivity index (χ1n) is 8.63. The van der Waals surface area contributed by atoms with Crippen molar-refractivity contribution in [2.24, 2.45) is 5.73 Å². The lowest BCUT2D eigenvalue weighted by Gasteiger charge is -2.33. The van der Waals surface area contributed by atoms with Crippen LogP contribution in [0.5, 0.6) is 0 Å². The summed E-state index contributed by atoms with van der Waals surface area (Å²) in [5.74, 6) is -0.498. The smallest absolute Gasteiger partial charge is 0.289 e. The van der Waals surface area contributed by atoms with E-state index < -0.39 is 26.5 Å². The summed E-state index contributed by atoms with van der Waals surface area (Å²) in [6.45, 7) is 1.95. The predicted molar refractivity (Wildman–Crippen MR) is 102 cm³/mol. The summed E-state index contributed by atoms with van der Waals surface area (Å²) in [6, 6.07) is 12.4. The molecule has 0 atom stereocenters. The summed E-state index contributed by atoms with van der Waals surface area (Å²) in [5.41, 5.74) is 6.21. The zero-order chi connectivity index (χ0) is 20.3. The fourth-order valence-electron chi connectivity index (χ4n) is 3.17. The lowest BCUT2D eigenvalue weighted by Crippen LogP contribution is -2.48. The average Bonchev–Trinajstić information content (AvgIpc) is 2.68. The number of nitro benzene ring substituents is 1. The van der Waals surface area contributed by atoms with Gasteiger partial charge in [0.05, 0.1) is 4.92 Å². The summed E-state index contributed by atoms with van der Waals surface area (Å²) in [6.07, 6.45) is 0.